The molecule has 0 aliphatic heterocycles. The van der Waals surface area contributed by atoms with Gasteiger partial charge in [0.05, 0.1) is 21.7 Å². The summed E-state index contributed by atoms with van der Waals surface area (Å²) in [6, 6.07) is 17.2. The number of hydrogen-bond donors (Lipinski definition) is 1. The molecule has 0 saturated carbocycles. The zero-order valence-electron chi connectivity index (χ0n) is 15.5. The minimum Gasteiger partial charge on any atom is -0.300 e. The molecular formula is C21H18N4O2S. The molecule has 2 aromatic carbocycles. The summed E-state index contributed by atoms with van der Waals surface area (Å²) in [6.45, 7) is 3.57. The number of nitrogens with zero attached hydrogens (tertiary/aromatic N) is 3. The lowest BCUT2D eigenvalue weighted by atomic mass is 10.1. The fourth-order valence-electron chi connectivity index (χ4n) is 3.11. The number of aromatic nitrogens is 3. The molecule has 0 bridgehead atoms. The van der Waals surface area contributed by atoms with Gasteiger partial charge in [0.25, 0.3) is 5.56 Å². The van der Waals surface area contributed by atoms with Crippen molar-refractivity contribution in [2.75, 3.05) is 5.32 Å². The normalized spacial score (nSPS) is 10.9. The van der Waals surface area contributed by atoms with E-state index in [-0.39, 0.29) is 18.0 Å². The van der Waals surface area contributed by atoms with Crippen LogP contribution < -0.4 is 10.9 Å². The lowest BCUT2D eigenvalue weighted by Crippen LogP contribution is -2.30. The SMILES string of the molecule is Cc1nc(NC(=O)Cn2nc(C)c3ccccc3c2=O)sc1-c1ccccc1. The molecule has 4 rings (SSSR count). The number of nitrogens with one attached hydrogen (secondary N) is 1. The summed E-state index contributed by atoms with van der Waals surface area (Å²) >= 11 is 1.41. The number of amides is 1. The number of aryl methyl sites for hydroxylation is 2. The summed E-state index contributed by atoms with van der Waals surface area (Å²) in [5.41, 5.74) is 2.33. The third kappa shape index (κ3) is 3.44. The minimum atomic E-state index is -0.336. The van der Waals surface area contributed by atoms with Crippen LogP contribution in [0.4, 0.5) is 5.13 Å². The molecule has 2 heterocycles. The van der Waals surface area contributed by atoms with Crippen LogP contribution in [0, 0.1) is 13.8 Å². The molecular weight excluding hydrogens is 372 g/mol. The smallest absolute Gasteiger partial charge is 0.275 e. The quantitative estimate of drug-likeness (QED) is 0.575. The van der Waals surface area contributed by atoms with E-state index in [1.807, 2.05) is 56.3 Å². The van der Waals surface area contributed by atoms with Gasteiger partial charge in [-0.05, 0) is 25.5 Å². The van der Waals surface area contributed by atoms with Crippen molar-refractivity contribution in [2.45, 2.75) is 20.4 Å². The van der Waals surface area contributed by atoms with E-state index in [0.29, 0.717) is 16.2 Å². The molecule has 0 radical (unpaired) electrons. The Bertz CT molecular complexity index is 1230. The molecule has 0 aliphatic carbocycles. The lowest BCUT2D eigenvalue weighted by Gasteiger charge is -2.08. The van der Waals surface area contributed by atoms with Crippen LogP contribution in [-0.4, -0.2) is 20.7 Å². The van der Waals surface area contributed by atoms with Gasteiger partial charge in [-0.25, -0.2) is 9.67 Å². The predicted molar refractivity (Wildman–Crippen MR) is 112 cm³/mol. The van der Waals surface area contributed by atoms with Gasteiger partial charge in [-0.2, -0.15) is 5.10 Å². The number of anilines is 1. The Morgan fingerprint density at radius 3 is 2.43 bits per heavy atom. The van der Waals surface area contributed by atoms with Crippen LogP contribution in [0.5, 0.6) is 0 Å². The van der Waals surface area contributed by atoms with E-state index in [1.165, 1.54) is 16.0 Å². The molecule has 0 saturated heterocycles. The Morgan fingerprint density at radius 2 is 1.68 bits per heavy atom. The van der Waals surface area contributed by atoms with Crippen molar-refractivity contribution in [3.8, 4) is 10.4 Å². The Morgan fingerprint density at radius 1 is 1.00 bits per heavy atom. The second-order valence-corrected chi connectivity index (χ2v) is 7.44. The summed E-state index contributed by atoms with van der Waals surface area (Å²) in [5, 5.41) is 8.92. The number of carbonyl (C=O) groups is 1. The summed E-state index contributed by atoms with van der Waals surface area (Å²) in [4.78, 5) is 30.6. The zero-order valence-corrected chi connectivity index (χ0v) is 16.3. The summed E-state index contributed by atoms with van der Waals surface area (Å²) < 4.78 is 1.20. The van der Waals surface area contributed by atoms with Crippen LogP contribution in [0.25, 0.3) is 21.2 Å². The highest BCUT2D eigenvalue weighted by Crippen LogP contribution is 2.32. The first kappa shape index (κ1) is 18.1. The van der Waals surface area contributed by atoms with E-state index in [4.69, 9.17) is 0 Å². The monoisotopic (exact) mass is 390 g/mol. The van der Waals surface area contributed by atoms with Crippen molar-refractivity contribution < 1.29 is 4.79 Å². The van der Waals surface area contributed by atoms with Gasteiger partial charge in [-0.15, -0.1) is 0 Å². The Labute approximate surface area is 165 Å². The third-order valence-electron chi connectivity index (χ3n) is 4.42. The molecule has 2 aromatic heterocycles. The standard InChI is InChI=1S/C21H18N4O2S/c1-13-16-10-6-7-11-17(16)20(27)25(24-13)12-18(26)23-21-22-14(2)19(28-21)15-8-4-3-5-9-15/h3-11H,12H2,1-2H3,(H,22,23,26). The zero-order chi connectivity index (χ0) is 19.7. The minimum absolute atomic E-state index is 0.163. The number of hydrogen-bond acceptors (Lipinski definition) is 5. The molecule has 0 spiro atoms. The second-order valence-electron chi connectivity index (χ2n) is 6.44. The van der Waals surface area contributed by atoms with Gasteiger partial charge in [-0.1, -0.05) is 59.9 Å². The molecule has 6 nitrogen and oxygen atoms in total. The number of thiazole rings is 1. The number of fused-ring (bicyclic) bond motifs is 1. The van der Waals surface area contributed by atoms with E-state index >= 15 is 0 Å². The largest absolute Gasteiger partial charge is 0.300 e. The van der Waals surface area contributed by atoms with Gasteiger partial charge >= 0.3 is 0 Å². The fourth-order valence-corrected chi connectivity index (χ4v) is 4.10. The topological polar surface area (TPSA) is 76.9 Å². The van der Waals surface area contributed by atoms with Crippen molar-refractivity contribution >= 4 is 33.1 Å². The van der Waals surface area contributed by atoms with E-state index < -0.39 is 0 Å². The molecule has 4 aromatic rings. The highest BCUT2D eigenvalue weighted by Gasteiger charge is 2.14. The van der Waals surface area contributed by atoms with Crippen LogP contribution in [0.2, 0.25) is 0 Å². The molecule has 1 amide bonds. The third-order valence-corrected chi connectivity index (χ3v) is 5.55. The van der Waals surface area contributed by atoms with Gasteiger partial charge in [0.2, 0.25) is 5.91 Å². The highest BCUT2D eigenvalue weighted by molar-refractivity contribution is 7.19. The van der Waals surface area contributed by atoms with Gasteiger partial charge in [0.1, 0.15) is 6.54 Å². The van der Waals surface area contributed by atoms with E-state index in [0.717, 1.165) is 21.5 Å². The number of carbonyl (C=O) groups excluding carboxylic acids is 1. The summed E-state index contributed by atoms with van der Waals surface area (Å²) in [5.74, 6) is -0.336. The van der Waals surface area contributed by atoms with Crippen LogP contribution in [0.3, 0.4) is 0 Å². The first-order valence-electron chi connectivity index (χ1n) is 8.82. The number of benzene rings is 2. The van der Waals surface area contributed by atoms with Crippen LogP contribution >= 0.6 is 11.3 Å². The molecule has 0 unspecified atom stereocenters. The average Bonchev–Trinajstić information content (AvgIpc) is 3.06. The maximum absolute atomic E-state index is 12.6. The molecule has 7 heteroatoms. The Kier molecular flexibility index (Phi) is 4.75. The Balaban J connectivity index is 1.57. The molecule has 0 atom stereocenters. The van der Waals surface area contributed by atoms with Crippen LogP contribution in [-0.2, 0) is 11.3 Å². The maximum Gasteiger partial charge on any atom is 0.275 e. The predicted octanol–water partition coefficient (Wildman–Crippen LogP) is 3.78. The van der Waals surface area contributed by atoms with Crippen molar-refractivity contribution in [2.24, 2.45) is 0 Å². The average molecular weight is 390 g/mol. The summed E-state index contributed by atoms with van der Waals surface area (Å²) in [7, 11) is 0. The van der Waals surface area contributed by atoms with Crippen molar-refractivity contribution in [1.82, 2.24) is 14.8 Å². The van der Waals surface area contributed by atoms with E-state index in [2.05, 4.69) is 15.4 Å². The summed E-state index contributed by atoms with van der Waals surface area (Å²) in [6.07, 6.45) is 0. The molecule has 28 heavy (non-hydrogen) atoms. The molecule has 0 fully saturated rings. The highest BCUT2D eigenvalue weighted by atomic mass is 32.1. The first-order chi connectivity index (χ1) is 13.5. The van der Waals surface area contributed by atoms with Crippen LogP contribution in [0.1, 0.15) is 11.4 Å². The maximum atomic E-state index is 12.6. The number of rotatable bonds is 4. The fraction of sp³-hybridized carbons (Fsp3) is 0.143. The van der Waals surface area contributed by atoms with Gasteiger partial charge in [-0.3, -0.25) is 9.59 Å². The van der Waals surface area contributed by atoms with E-state index in [1.54, 1.807) is 12.1 Å². The van der Waals surface area contributed by atoms with Crippen LogP contribution in [0.15, 0.2) is 59.4 Å². The lowest BCUT2D eigenvalue weighted by molar-refractivity contribution is -0.117. The van der Waals surface area contributed by atoms with Crippen molar-refractivity contribution in [3.63, 3.8) is 0 Å². The Hall–Kier alpha value is -3.32. The van der Waals surface area contributed by atoms with Crippen molar-refractivity contribution in [1.29, 1.82) is 0 Å². The van der Waals surface area contributed by atoms with Crippen molar-refractivity contribution in [3.05, 3.63) is 76.3 Å². The van der Waals surface area contributed by atoms with E-state index in [9.17, 15) is 9.59 Å². The molecule has 1 N–H and O–H groups in total. The molecule has 140 valence electrons. The van der Waals surface area contributed by atoms with Gasteiger partial charge in [0.15, 0.2) is 5.13 Å². The second kappa shape index (κ2) is 7.36. The first-order valence-corrected chi connectivity index (χ1v) is 9.64. The molecule has 0 aliphatic rings. The van der Waals surface area contributed by atoms with Gasteiger partial charge in [0, 0.05) is 5.39 Å². The van der Waals surface area contributed by atoms with Gasteiger partial charge < -0.3 is 5.32 Å².